The minimum absolute atomic E-state index is 0.139. The number of rotatable bonds is 2. The third kappa shape index (κ3) is 1.65. The largest absolute Gasteiger partial charge is 0.388 e. The molecule has 0 spiro atoms. The van der Waals surface area contributed by atoms with E-state index in [2.05, 4.69) is 21.9 Å². The van der Waals surface area contributed by atoms with Crippen LogP contribution in [0.3, 0.4) is 0 Å². The fraction of sp³-hybridized carbons (Fsp3) is 0.143. The van der Waals surface area contributed by atoms with Crippen molar-refractivity contribution in [2.75, 3.05) is 12.8 Å². The zero-order valence-electron chi connectivity index (χ0n) is 6.63. The Hall–Kier alpha value is -1.29. The molecular formula is C7H9ClN4. The molecular weight excluding hydrogens is 176 g/mol. The van der Waals surface area contributed by atoms with Crippen molar-refractivity contribution in [2.24, 2.45) is 0 Å². The molecule has 0 aliphatic rings. The molecule has 12 heavy (non-hydrogen) atoms. The summed E-state index contributed by atoms with van der Waals surface area (Å²) in [7, 11) is 1.75. The summed E-state index contributed by atoms with van der Waals surface area (Å²) in [6, 6.07) is 0. The van der Waals surface area contributed by atoms with Gasteiger partial charge in [-0.3, -0.25) is 0 Å². The van der Waals surface area contributed by atoms with E-state index in [1.54, 1.807) is 7.05 Å². The third-order valence-electron chi connectivity index (χ3n) is 1.42. The van der Waals surface area contributed by atoms with Gasteiger partial charge in [0.2, 0.25) is 5.28 Å². The number of nitrogens with two attached hydrogens (primary N) is 1. The lowest BCUT2D eigenvalue weighted by Crippen LogP contribution is -2.07. The zero-order chi connectivity index (χ0) is 9.14. The molecule has 5 heteroatoms. The topological polar surface area (TPSA) is 63.8 Å². The van der Waals surface area contributed by atoms with Crippen molar-refractivity contribution in [1.82, 2.24) is 15.3 Å². The minimum Gasteiger partial charge on any atom is -0.388 e. The van der Waals surface area contributed by atoms with Gasteiger partial charge in [-0.1, -0.05) is 6.58 Å². The van der Waals surface area contributed by atoms with E-state index in [0.29, 0.717) is 17.1 Å². The summed E-state index contributed by atoms with van der Waals surface area (Å²) >= 11 is 5.51. The van der Waals surface area contributed by atoms with Crippen LogP contribution in [-0.4, -0.2) is 17.0 Å². The van der Waals surface area contributed by atoms with Gasteiger partial charge in [-0.2, -0.15) is 0 Å². The van der Waals surface area contributed by atoms with Crippen LogP contribution in [0.15, 0.2) is 12.8 Å². The molecule has 0 bridgehead atoms. The van der Waals surface area contributed by atoms with Crippen LogP contribution in [-0.2, 0) is 0 Å². The fourth-order valence-electron chi connectivity index (χ4n) is 0.740. The van der Waals surface area contributed by atoms with Crippen molar-refractivity contribution in [3.63, 3.8) is 0 Å². The standard InChI is InChI=1S/C7H9ClN4/c1-4(10-2)5-3-11-7(8)12-6(5)9/h3,10H,1H2,2H3,(H2,9,11,12). The van der Waals surface area contributed by atoms with E-state index < -0.39 is 0 Å². The van der Waals surface area contributed by atoms with Crippen molar-refractivity contribution in [2.45, 2.75) is 0 Å². The second-order valence-corrected chi connectivity index (χ2v) is 2.50. The van der Waals surface area contributed by atoms with Gasteiger partial charge in [0.15, 0.2) is 0 Å². The summed E-state index contributed by atoms with van der Waals surface area (Å²) < 4.78 is 0. The van der Waals surface area contributed by atoms with Crippen molar-refractivity contribution in [3.05, 3.63) is 23.6 Å². The van der Waals surface area contributed by atoms with Crippen LogP contribution in [0, 0.1) is 0 Å². The first kappa shape index (κ1) is 8.80. The minimum atomic E-state index is 0.139. The highest BCUT2D eigenvalue weighted by molar-refractivity contribution is 6.28. The van der Waals surface area contributed by atoms with E-state index in [0.717, 1.165) is 0 Å². The SMILES string of the molecule is C=C(NC)c1cnc(Cl)nc1N. The highest BCUT2D eigenvalue weighted by atomic mass is 35.5. The number of anilines is 1. The lowest BCUT2D eigenvalue weighted by molar-refractivity contribution is 1.10. The van der Waals surface area contributed by atoms with Gasteiger partial charge in [-0.25, -0.2) is 9.97 Å². The molecule has 0 saturated heterocycles. The van der Waals surface area contributed by atoms with Gasteiger partial charge < -0.3 is 11.1 Å². The molecule has 1 aromatic heterocycles. The maximum Gasteiger partial charge on any atom is 0.224 e. The summed E-state index contributed by atoms with van der Waals surface area (Å²) in [5.41, 5.74) is 6.90. The molecule has 3 N–H and O–H groups in total. The van der Waals surface area contributed by atoms with Crippen molar-refractivity contribution in [3.8, 4) is 0 Å². The van der Waals surface area contributed by atoms with Crippen LogP contribution >= 0.6 is 11.6 Å². The maximum atomic E-state index is 5.56. The van der Waals surface area contributed by atoms with E-state index in [-0.39, 0.29) is 5.28 Å². The molecule has 0 unspecified atom stereocenters. The number of hydrogen-bond donors (Lipinski definition) is 2. The molecule has 0 aliphatic carbocycles. The normalized spacial score (nSPS) is 9.50. The van der Waals surface area contributed by atoms with Crippen molar-refractivity contribution < 1.29 is 0 Å². The lowest BCUT2D eigenvalue weighted by Gasteiger charge is -2.06. The van der Waals surface area contributed by atoms with Gasteiger partial charge in [0.1, 0.15) is 5.82 Å². The predicted octanol–water partition coefficient (Wildman–Crippen LogP) is 0.902. The monoisotopic (exact) mass is 184 g/mol. The predicted molar refractivity (Wildman–Crippen MR) is 49.5 cm³/mol. The van der Waals surface area contributed by atoms with Gasteiger partial charge in [0, 0.05) is 18.9 Å². The molecule has 0 saturated carbocycles. The van der Waals surface area contributed by atoms with Gasteiger partial charge in [0.25, 0.3) is 0 Å². The van der Waals surface area contributed by atoms with Crippen molar-refractivity contribution >= 4 is 23.1 Å². The maximum absolute atomic E-state index is 5.56. The summed E-state index contributed by atoms with van der Waals surface area (Å²) in [4.78, 5) is 7.56. The quantitative estimate of drug-likeness (QED) is 0.671. The highest BCUT2D eigenvalue weighted by Gasteiger charge is 2.04. The second-order valence-electron chi connectivity index (χ2n) is 2.17. The van der Waals surface area contributed by atoms with Crippen LogP contribution in [0.2, 0.25) is 5.28 Å². The number of nitrogens with one attached hydrogen (secondary N) is 1. The Morgan fingerprint density at radius 1 is 1.75 bits per heavy atom. The van der Waals surface area contributed by atoms with E-state index in [4.69, 9.17) is 17.3 Å². The Morgan fingerprint density at radius 2 is 2.42 bits per heavy atom. The molecule has 0 aliphatic heterocycles. The first-order chi connectivity index (χ1) is 5.65. The molecule has 1 heterocycles. The molecule has 0 atom stereocenters. The number of aromatic nitrogens is 2. The number of halogens is 1. The first-order valence-electron chi connectivity index (χ1n) is 3.30. The van der Waals surface area contributed by atoms with Gasteiger partial charge in [-0.05, 0) is 11.6 Å². The zero-order valence-corrected chi connectivity index (χ0v) is 7.39. The summed E-state index contributed by atoms with van der Waals surface area (Å²) in [5, 5.41) is 2.98. The number of nitrogens with zero attached hydrogens (tertiary/aromatic N) is 2. The average Bonchev–Trinajstić information content (AvgIpc) is 2.03. The Morgan fingerprint density at radius 3 is 2.92 bits per heavy atom. The molecule has 1 aromatic rings. The lowest BCUT2D eigenvalue weighted by atomic mass is 10.2. The van der Waals surface area contributed by atoms with Crippen LogP contribution in [0.5, 0.6) is 0 Å². The van der Waals surface area contributed by atoms with Crippen LogP contribution in [0.4, 0.5) is 5.82 Å². The molecule has 0 aromatic carbocycles. The summed E-state index contributed by atoms with van der Waals surface area (Å²) in [6.45, 7) is 3.72. The average molecular weight is 185 g/mol. The van der Waals surface area contributed by atoms with E-state index in [1.807, 2.05) is 0 Å². The van der Waals surface area contributed by atoms with Crippen molar-refractivity contribution in [1.29, 1.82) is 0 Å². The van der Waals surface area contributed by atoms with Crippen LogP contribution in [0.25, 0.3) is 5.70 Å². The molecule has 64 valence electrons. The Kier molecular flexibility index (Phi) is 2.50. The van der Waals surface area contributed by atoms with E-state index >= 15 is 0 Å². The van der Waals surface area contributed by atoms with E-state index in [1.165, 1.54) is 6.20 Å². The second kappa shape index (κ2) is 3.40. The van der Waals surface area contributed by atoms with Gasteiger partial charge in [0.05, 0.1) is 5.56 Å². The van der Waals surface area contributed by atoms with E-state index in [9.17, 15) is 0 Å². The molecule has 0 fully saturated rings. The van der Waals surface area contributed by atoms with Crippen LogP contribution in [0.1, 0.15) is 5.56 Å². The first-order valence-corrected chi connectivity index (χ1v) is 3.68. The Balaban J connectivity index is 3.09. The van der Waals surface area contributed by atoms with Crippen LogP contribution < -0.4 is 11.1 Å². The van der Waals surface area contributed by atoms with Gasteiger partial charge >= 0.3 is 0 Å². The molecule has 4 nitrogen and oxygen atoms in total. The Bertz CT molecular complexity index is 310. The Labute approximate surface area is 75.5 Å². The fourth-order valence-corrected chi connectivity index (χ4v) is 0.879. The highest BCUT2D eigenvalue weighted by Crippen LogP contribution is 2.15. The third-order valence-corrected chi connectivity index (χ3v) is 1.60. The number of nitrogen functional groups attached to an aromatic ring is 1. The molecule has 1 rings (SSSR count). The smallest absolute Gasteiger partial charge is 0.224 e. The summed E-state index contributed by atoms with van der Waals surface area (Å²) in [5.74, 6) is 0.328. The molecule has 0 radical (unpaired) electrons. The molecule has 0 amide bonds. The van der Waals surface area contributed by atoms with Gasteiger partial charge in [-0.15, -0.1) is 0 Å². The summed E-state index contributed by atoms with van der Waals surface area (Å²) in [6.07, 6.45) is 1.53. The number of hydrogen-bond acceptors (Lipinski definition) is 4.